The van der Waals surface area contributed by atoms with Crippen molar-refractivity contribution in [2.75, 3.05) is 23.1 Å². The highest BCUT2D eigenvalue weighted by Crippen LogP contribution is 2.51. The molecule has 16 heteroatoms. The summed E-state index contributed by atoms with van der Waals surface area (Å²) in [4.78, 5) is 13.6. The normalized spacial score (nSPS) is 16.6. The number of hydrogen-bond acceptors (Lipinski definition) is 7. The predicted octanol–water partition coefficient (Wildman–Crippen LogP) is 7.30. The monoisotopic (exact) mass is 725 g/mol. The van der Waals surface area contributed by atoms with Crippen molar-refractivity contribution in [2.45, 2.75) is 63.8 Å². The van der Waals surface area contributed by atoms with Gasteiger partial charge in [-0.15, -0.1) is 23.2 Å². The van der Waals surface area contributed by atoms with E-state index in [1.165, 1.54) is 16.4 Å². The van der Waals surface area contributed by atoms with Crippen LogP contribution in [0.3, 0.4) is 0 Å². The van der Waals surface area contributed by atoms with E-state index in [0.29, 0.717) is 36.5 Å². The van der Waals surface area contributed by atoms with Gasteiger partial charge in [0.05, 0.1) is 40.8 Å². The molecule has 0 unspecified atom stereocenters. The van der Waals surface area contributed by atoms with E-state index < -0.39 is 58.9 Å². The number of aliphatic hydroxyl groups excluding tert-OH is 1. The number of nitrogens with one attached hydrogen (secondary N) is 2. The summed E-state index contributed by atoms with van der Waals surface area (Å²) in [6.07, 6.45) is -10.9. The fourth-order valence-corrected chi connectivity index (χ4v) is 6.79. The van der Waals surface area contributed by atoms with Crippen molar-refractivity contribution >= 4 is 34.8 Å². The highest BCUT2D eigenvalue weighted by atomic mass is 35.5. The smallest absolute Gasteiger partial charge is 0.416 e. The van der Waals surface area contributed by atoms with Crippen molar-refractivity contribution in [1.29, 1.82) is 0 Å². The Morgan fingerprint density at radius 2 is 1.56 bits per heavy atom. The molecule has 2 atom stereocenters. The van der Waals surface area contributed by atoms with Crippen molar-refractivity contribution in [1.82, 2.24) is 10.6 Å². The molecule has 1 amide bonds. The molecule has 0 radical (unpaired) electrons. The Balaban J connectivity index is 0.00000625. The van der Waals surface area contributed by atoms with E-state index in [9.17, 15) is 45.3 Å². The summed E-state index contributed by atoms with van der Waals surface area (Å²) in [5, 5.41) is 16.6. The van der Waals surface area contributed by atoms with Gasteiger partial charge in [-0.05, 0) is 68.1 Å². The minimum Gasteiger partial charge on any atom is -0.491 e. The second-order valence-electron chi connectivity index (χ2n) is 11.6. The van der Waals surface area contributed by atoms with Crippen molar-refractivity contribution in [3.8, 4) is 5.75 Å². The van der Waals surface area contributed by atoms with Gasteiger partial charge in [0.2, 0.25) is 0 Å². The predicted molar refractivity (Wildman–Crippen MR) is 175 cm³/mol. The molecular weight excluding hydrogens is 688 g/mol. The number of alkyl halides is 6. The number of benzene rings is 3. The van der Waals surface area contributed by atoms with Crippen molar-refractivity contribution in [3.63, 3.8) is 0 Å². The van der Waals surface area contributed by atoms with Crippen LogP contribution in [0.4, 0.5) is 32.0 Å². The summed E-state index contributed by atoms with van der Waals surface area (Å²) in [6, 6.07) is 13.7. The van der Waals surface area contributed by atoms with Crippen LogP contribution in [-0.4, -0.2) is 57.2 Å². The fourth-order valence-electron chi connectivity index (χ4n) is 5.19. The maximum atomic E-state index is 13.6. The van der Waals surface area contributed by atoms with E-state index in [2.05, 4.69) is 10.6 Å². The molecule has 5 N–H and O–H groups in total. The Hall–Kier alpha value is -3.21. The number of anilines is 1. The molecule has 8 nitrogen and oxygen atoms in total. The summed E-state index contributed by atoms with van der Waals surface area (Å²) in [5.74, 6) is -0.130. The maximum absolute atomic E-state index is 13.6. The summed E-state index contributed by atoms with van der Waals surface area (Å²) in [7, 11) is -3.09. The molecule has 0 aromatic heterocycles. The van der Waals surface area contributed by atoms with Gasteiger partial charge in [-0.1, -0.05) is 30.3 Å². The number of aliphatic hydroxyl groups is 1. The lowest BCUT2D eigenvalue weighted by atomic mass is 10.00. The minimum atomic E-state index is -5.00. The third-order valence-electron chi connectivity index (χ3n) is 7.36. The van der Waals surface area contributed by atoms with Gasteiger partial charge in [-0.2, -0.15) is 26.3 Å². The Morgan fingerprint density at radius 3 is 2.10 bits per heavy atom. The summed E-state index contributed by atoms with van der Waals surface area (Å²) in [5.41, 5.74) is -1.96. The van der Waals surface area contributed by atoms with Crippen LogP contribution in [0.1, 0.15) is 52.9 Å². The molecular formula is C32H38ClF6N3O5S. The van der Waals surface area contributed by atoms with Gasteiger partial charge < -0.3 is 20.5 Å². The summed E-state index contributed by atoms with van der Waals surface area (Å²) in [6.45, 7) is 3.23. The van der Waals surface area contributed by atoms with E-state index in [1.54, 1.807) is 50.2 Å². The first kappa shape index (κ1) is 39.2. The van der Waals surface area contributed by atoms with Crippen molar-refractivity contribution in [3.05, 3.63) is 94.5 Å². The summed E-state index contributed by atoms with van der Waals surface area (Å²) < 4.78 is 108. The van der Waals surface area contributed by atoms with Crippen LogP contribution in [-0.2, 0) is 25.3 Å². The van der Waals surface area contributed by atoms with Crippen molar-refractivity contribution in [2.24, 2.45) is 0 Å². The van der Waals surface area contributed by atoms with Gasteiger partial charge in [-0.25, -0.2) is 0 Å². The average molecular weight is 726 g/mol. The fraction of sp³-hybridized carbons (Fsp3) is 0.406. The first-order valence-corrected chi connectivity index (χ1v) is 16.5. The molecule has 1 saturated heterocycles. The number of rotatable bonds is 12. The number of carbonyl (C=O) groups excluding carboxylic acids is 1. The molecule has 3 aromatic rings. The first-order valence-electron chi connectivity index (χ1n) is 14.8. The molecule has 48 heavy (non-hydrogen) atoms. The minimum absolute atomic E-state index is 0. The third kappa shape index (κ3) is 10.6. The van der Waals surface area contributed by atoms with Gasteiger partial charge in [0.15, 0.2) is 0 Å². The van der Waals surface area contributed by atoms with Crippen LogP contribution in [0.5, 0.6) is 5.75 Å². The molecule has 4 rings (SSSR count). The average Bonchev–Trinajstić information content (AvgIpc) is 3.34. The van der Waals surface area contributed by atoms with Crippen LogP contribution < -0.4 is 19.7 Å². The van der Waals surface area contributed by atoms with Gasteiger partial charge in [0.25, 0.3) is 5.91 Å². The largest absolute Gasteiger partial charge is 0.491 e. The molecule has 1 fully saturated rings. The standard InChI is InChI=1S/C32H37F6N3O5S.ClH/c1-20(2)46-27-15-23(14-26(17-27)41-9-6-10-47(41,44)45)30(43)40-28(13-21-7-4-3-5-8-21)29(42)19-39-18-22-11-24(31(33,34)35)16-25(12-22)32(36,37)38;/h3-5,7-8,11-12,14-17,20,28-29,39,42,44-45H,6,9-10,13,18-19H2,1-2H3,(H,40,43);1H/t28-,29+;/m0./s1. The number of amides is 1. The van der Waals surface area contributed by atoms with Crippen LogP contribution >= 0.6 is 23.2 Å². The molecule has 3 aromatic carbocycles. The second kappa shape index (κ2) is 16.0. The van der Waals surface area contributed by atoms with Gasteiger partial charge in [0, 0.05) is 31.3 Å². The van der Waals surface area contributed by atoms with Crippen LogP contribution in [0.25, 0.3) is 0 Å². The lowest BCUT2D eigenvalue weighted by Crippen LogP contribution is -2.48. The molecule has 1 aliphatic heterocycles. The zero-order valence-electron chi connectivity index (χ0n) is 26.0. The first-order chi connectivity index (χ1) is 21.9. The number of ether oxygens (including phenoxy) is 1. The maximum Gasteiger partial charge on any atom is 0.416 e. The van der Waals surface area contributed by atoms with Crippen LogP contribution in [0.15, 0.2) is 66.7 Å². The van der Waals surface area contributed by atoms with Gasteiger partial charge >= 0.3 is 12.4 Å². The number of nitrogens with zero attached hydrogens (tertiary/aromatic N) is 1. The van der Waals surface area contributed by atoms with Crippen LogP contribution in [0.2, 0.25) is 0 Å². The Morgan fingerprint density at radius 1 is 0.938 bits per heavy atom. The Bertz CT molecular complexity index is 1500. The Labute approximate surface area is 282 Å². The second-order valence-corrected chi connectivity index (χ2v) is 13.7. The van der Waals surface area contributed by atoms with Crippen molar-refractivity contribution < 1.29 is 50.1 Å². The number of halogens is 7. The molecule has 266 valence electrons. The SMILES string of the molecule is CC(C)Oc1cc(C(=O)N[C@@H](Cc2ccccc2)[C@H](O)CNCc2cc(C(F)(F)F)cc(C(F)(F)F)c2)cc(N2CCCS2(O)O)c1.Cl. The van der Waals surface area contributed by atoms with E-state index in [-0.39, 0.29) is 54.4 Å². The molecule has 0 aliphatic carbocycles. The number of carbonyl (C=O) groups is 1. The van der Waals surface area contributed by atoms with E-state index >= 15 is 0 Å². The zero-order chi connectivity index (χ0) is 34.6. The lowest BCUT2D eigenvalue weighted by molar-refractivity contribution is -0.143. The summed E-state index contributed by atoms with van der Waals surface area (Å²) >= 11 is 0. The lowest BCUT2D eigenvalue weighted by Gasteiger charge is -2.38. The van der Waals surface area contributed by atoms with Gasteiger partial charge in [0.1, 0.15) is 5.75 Å². The highest BCUT2D eigenvalue weighted by Gasteiger charge is 2.37. The highest BCUT2D eigenvalue weighted by molar-refractivity contribution is 8.25. The number of hydrogen-bond donors (Lipinski definition) is 5. The Kier molecular flexibility index (Phi) is 13.1. The zero-order valence-corrected chi connectivity index (χ0v) is 27.6. The third-order valence-corrected chi connectivity index (χ3v) is 9.29. The molecule has 1 heterocycles. The van der Waals surface area contributed by atoms with Crippen LogP contribution in [0, 0.1) is 0 Å². The molecule has 0 bridgehead atoms. The van der Waals surface area contributed by atoms with E-state index in [1.807, 2.05) is 0 Å². The van der Waals surface area contributed by atoms with E-state index in [4.69, 9.17) is 4.74 Å². The quantitative estimate of drug-likeness (QED) is 0.125. The topological polar surface area (TPSA) is 114 Å². The molecule has 0 saturated carbocycles. The molecule has 0 spiro atoms. The van der Waals surface area contributed by atoms with E-state index in [0.717, 1.165) is 5.56 Å². The van der Waals surface area contributed by atoms with Gasteiger partial charge in [-0.3, -0.25) is 18.2 Å². The molecule has 1 aliphatic rings.